The molecule has 33 heavy (non-hydrogen) atoms. The molecule has 5 rings (SSSR count). The summed E-state index contributed by atoms with van der Waals surface area (Å²) >= 11 is 1.51. The lowest BCUT2D eigenvalue weighted by molar-refractivity contribution is 0.203. The Kier molecular flexibility index (Phi) is 6.69. The largest absolute Gasteiger partial charge is 0.483 e. The summed E-state index contributed by atoms with van der Waals surface area (Å²) in [5, 5.41) is 20.3. The van der Waals surface area contributed by atoms with Crippen molar-refractivity contribution >= 4 is 11.8 Å². The van der Waals surface area contributed by atoms with Gasteiger partial charge in [0.2, 0.25) is 0 Å². The molecule has 2 bridgehead atoms. The minimum absolute atomic E-state index is 0.154. The predicted octanol–water partition coefficient (Wildman–Crippen LogP) is 5.82. The number of para-hydroxylation sites is 1. The van der Waals surface area contributed by atoms with Crippen LogP contribution in [0.5, 0.6) is 5.75 Å². The van der Waals surface area contributed by atoms with Gasteiger partial charge in [0.05, 0.1) is 6.10 Å². The number of benzene rings is 2. The highest BCUT2D eigenvalue weighted by Gasteiger charge is 2.43. The number of hydrogen-bond acceptors (Lipinski definition) is 5. The van der Waals surface area contributed by atoms with Gasteiger partial charge in [-0.1, -0.05) is 60.6 Å². The molecule has 3 aromatic rings. The van der Waals surface area contributed by atoms with Gasteiger partial charge in [0.25, 0.3) is 0 Å². The number of hydrogen-bond donors (Lipinski definition) is 1. The van der Waals surface area contributed by atoms with Crippen molar-refractivity contribution in [2.45, 2.75) is 56.5 Å². The van der Waals surface area contributed by atoms with E-state index >= 15 is 0 Å². The van der Waals surface area contributed by atoms with E-state index in [9.17, 15) is 9.50 Å². The molecule has 5 nitrogen and oxygen atoms in total. The SMILES string of the molecule is C[C@H]([C@@H]1C[C@@H]2CC[C@@H]1C2)n1c(COc2ccccc2F)nnc1SC[C@H](O)c1ccccc1. The molecule has 0 unspecified atom stereocenters. The van der Waals surface area contributed by atoms with Crippen LogP contribution in [0, 0.1) is 23.6 Å². The maximum Gasteiger partial charge on any atom is 0.191 e. The second-order valence-corrected chi connectivity index (χ2v) is 10.3. The van der Waals surface area contributed by atoms with Crippen molar-refractivity contribution in [2.24, 2.45) is 17.8 Å². The monoisotopic (exact) mass is 467 g/mol. The predicted molar refractivity (Wildman–Crippen MR) is 127 cm³/mol. The van der Waals surface area contributed by atoms with E-state index in [0.717, 1.165) is 22.6 Å². The number of nitrogens with zero attached hydrogens (tertiary/aromatic N) is 3. The summed E-state index contributed by atoms with van der Waals surface area (Å²) in [7, 11) is 0. The molecule has 1 aromatic heterocycles. The Morgan fingerprint density at radius 1 is 1.09 bits per heavy atom. The standard InChI is InChI=1S/C26H30FN3O2S/c1-17(21-14-18-11-12-20(21)13-18)30-25(15-32-24-10-6-5-9-22(24)27)28-29-26(30)33-16-23(31)19-7-3-2-4-8-19/h2-10,17-18,20-21,23,31H,11-16H2,1H3/t17-,18-,20-,21+,23+/m1/s1. The number of aromatic nitrogens is 3. The van der Waals surface area contributed by atoms with Gasteiger partial charge in [-0.05, 0) is 61.6 Å². The van der Waals surface area contributed by atoms with Crippen LogP contribution in [0.1, 0.15) is 56.1 Å². The van der Waals surface area contributed by atoms with Crippen molar-refractivity contribution < 1.29 is 14.2 Å². The number of halogens is 1. The van der Waals surface area contributed by atoms with Gasteiger partial charge in [0, 0.05) is 11.8 Å². The van der Waals surface area contributed by atoms with Crippen LogP contribution in [0.3, 0.4) is 0 Å². The van der Waals surface area contributed by atoms with Crippen LogP contribution in [-0.4, -0.2) is 25.6 Å². The van der Waals surface area contributed by atoms with Gasteiger partial charge < -0.3 is 9.84 Å². The van der Waals surface area contributed by atoms with E-state index in [1.807, 2.05) is 30.3 Å². The summed E-state index contributed by atoms with van der Waals surface area (Å²) in [6, 6.07) is 16.3. The smallest absolute Gasteiger partial charge is 0.191 e. The Bertz CT molecular complexity index is 1080. The van der Waals surface area contributed by atoms with Crippen LogP contribution >= 0.6 is 11.8 Å². The third-order valence-corrected chi connectivity index (χ3v) is 8.32. The number of thioether (sulfide) groups is 1. The van der Waals surface area contributed by atoms with E-state index in [1.165, 1.54) is 43.5 Å². The summed E-state index contributed by atoms with van der Waals surface area (Å²) in [6.07, 6.45) is 4.64. The topological polar surface area (TPSA) is 60.2 Å². The summed E-state index contributed by atoms with van der Waals surface area (Å²) in [5.41, 5.74) is 0.889. The second kappa shape index (κ2) is 9.85. The molecule has 1 N–H and O–H groups in total. The lowest BCUT2D eigenvalue weighted by Gasteiger charge is -2.30. The molecule has 2 aromatic carbocycles. The Morgan fingerprint density at radius 3 is 2.61 bits per heavy atom. The first-order chi connectivity index (χ1) is 16.1. The molecule has 5 atom stereocenters. The van der Waals surface area contributed by atoms with Crippen molar-refractivity contribution in [1.82, 2.24) is 14.8 Å². The van der Waals surface area contributed by atoms with Gasteiger partial charge in [-0.2, -0.15) is 0 Å². The highest BCUT2D eigenvalue weighted by Crippen LogP contribution is 2.52. The van der Waals surface area contributed by atoms with Crippen LogP contribution in [-0.2, 0) is 6.61 Å². The molecule has 0 amide bonds. The average Bonchev–Trinajstić information content (AvgIpc) is 3.58. The fourth-order valence-corrected chi connectivity index (χ4v) is 6.63. The zero-order chi connectivity index (χ0) is 22.8. The third kappa shape index (κ3) is 4.80. The minimum Gasteiger partial charge on any atom is -0.483 e. The molecule has 0 spiro atoms. The van der Waals surface area contributed by atoms with E-state index in [0.29, 0.717) is 17.5 Å². The number of rotatable bonds is 9. The van der Waals surface area contributed by atoms with Crippen molar-refractivity contribution in [3.8, 4) is 5.75 Å². The second-order valence-electron chi connectivity index (χ2n) is 9.30. The quantitative estimate of drug-likeness (QED) is 0.402. The third-order valence-electron chi connectivity index (χ3n) is 7.30. The zero-order valence-corrected chi connectivity index (χ0v) is 19.6. The minimum atomic E-state index is -0.586. The molecule has 2 aliphatic rings. The highest BCUT2D eigenvalue weighted by molar-refractivity contribution is 7.99. The van der Waals surface area contributed by atoms with Gasteiger partial charge in [-0.3, -0.25) is 4.57 Å². The molecule has 2 fully saturated rings. The van der Waals surface area contributed by atoms with Crippen LogP contribution in [0.2, 0.25) is 0 Å². The highest BCUT2D eigenvalue weighted by atomic mass is 32.2. The summed E-state index contributed by atoms with van der Waals surface area (Å²) in [6.45, 7) is 2.40. The summed E-state index contributed by atoms with van der Waals surface area (Å²) < 4.78 is 22.0. The lowest BCUT2D eigenvalue weighted by Crippen LogP contribution is -2.24. The molecule has 0 saturated heterocycles. The normalized spacial score (nSPS) is 23.5. The van der Waals surface area contributed by atoms with Crippen molar-refractivity contribution in [3.05, 3.63) is 71.8 Å². The first-order valence-electron chi connectivity index (χ1n) is 11.8. The number of aliphatic hydroxyl groups excluding tert-OH is 1. The molecule has 2 aliphatic carbocycles. The van der Waals surface area contributed by atoms with Crippen molar-refractivity contribution in [2.75, 3.05) is 5.75 Å². The van der Waals surface area contributed by atoms with E-state index in [4.69, 9.17) is 4.74 Å². The zero-order valence-electron chi connectivity index (χ0n) is 18.8. The molecule has 0 aliphatic heterocycles. The van der Waals surface area contributed by atoms with E-state index in [2.05, 4.69) is 21.7 Å². The van der Waals surface area contributed by atoms with Gasteiger partial charge in [-0.25, -0.2) is 4.39 Å². The first-order valence-corrected chi connectivity index (χ1v) is 12.8. The Balaban J connectivity index is 1.36. The van der Waals surface area contributed by atoms with Gasteiger partial charge in [-0.15, -0.1) is 10.2 Å². The van der Waals surface area contributed by atoms with Crippen LogP contribution < -0.4 is 4.74 Å². The lowest BCUT2D eigenvalue weighted by atomic mass is 9.84. The number of fused-ring (bicyclic) bond motifs is 2. The Labute approximate surface area is 198 Å². The van der Waals surface area contributed by atoms with Crippen LogP contribution in [0.25, 0.3) is 0 Å². The fourth-order valence-electron chi connectivity index (χ4n) is 5.62. The molecular weight excluding hydrogens is 437 g/mol. The number of ether oxygens (including phenoxy) is 1. The molecule has 1 heterocycles. The average molecular weight is 468 g/mol. The molecule has 2 saturated carbocycles. The Morgan fingerprint density at radius 2 is 1.88 bits per heavy atom. The van der Waals surface area contributed by atoms with Crippen molar-refractivity contribution in [3.63, 3.8) is 0 Å². The molecule has 174 valence electrons. The maximum absolute atomic E-state index is 14.1. The first kappa shape index (κ1) is 22.4. The summed E-state index contributed by atoms with van der Waals surface area (Å²) in [5.74, 6) is 3.20. The van der Waals surface area contributed by atoms with E-state index in [1.54, 1.807) is 18.2 Å². The molecule has 0 radical (unpaired) electrons. The van der Waals surface area contributed by atoms with Gasteiger partial charge >= 0.3 is 0 Å². The van der Waals surface area contributed by atoms with E-state index in [-0.39, 0.29) is 24.2 Å². The fraction of sp³-hybridized carbons (Fsp3) is 0.462. The van der Waals surface area contributed by atoms with Crippen LogP contribution in [0.15, 0.2) is 59.8 Å². The molecular formula is C26H30FN3O2S. The van der Waals surface area contributed by atoms with Crippen molar-refractivity contribution in [1.29, 1.82) is 0 Å². The van der Waals surface area contributed by atoms with E-state index < -0.39 is 6.10 Å². The summed E-state index contributed by atoms with van der Waals surface area (Å²) in [4.78, 5) is 0. The van der Waals surface area contributed by atoms with Crippen LogP contribution in [0.4, 0.5) is 4.39 Å². The van der Waals surface area contributed by atoms with Gasteiger partial charge in [0.15, 0.2) is 22.5 Å². The number of aliphatic hydroxyl groups is 1. The Hall–Kier alpha value is -2.38. The maximum atomic E-state index is 14.1. The van der Waals surface area contributed by atoms with Gasteiger partial charge in [0.1, 0.15) is 6.61 Å². The molecule has 7 heteroatoms.